The SMILES string of the molecule is CC1CCN(c2ccc(NS(=O)(=O)c3ccc(C(C)(C)C)cc3)cn2)CC1. The van der Waals surface area contributed by atoms with E-state index < -0.39 is 10.0 Å². The van der Waals surface area contributed by atoms with Gasteiger partial charge in [-0.15, -0.1) is 0 Å². The second-order valence-electron chi connectivity index (χ2n) is 8.45. The zero-order valence-corrected chi connectivity index (χ0v) is 17.4. The Morgan fingerprint density at radius 3 is 2.19 bits per heavy atom. The molecule has 0 saturated carbocycles. The Morgan fingerprint density at radius 1 is 1.04 bits per heavy atom. The summed E-state index contributed by atoms with van der Waals surface area (Å²) in [5, 5.41) is 0. The lowest BCUT2D eigenvalue weighted by Crippen LogP contribution is -2.33. The molecule has 3 rings (SSSR count). The summed E-state index contributed by atoms with van der Waals surface area (Å²) in [6.07, 6.45) is 3.93. The van der Waals surface area contributed by atoms with Gasteiger partial charge in [-0.2, -0.15) is 0 Å². The summed E-state index contributed by atoms with van der Waals surface area (Å²) in [4.78, 5) is 6.96. The van der Waals surface area contributed by atoms with Gasteiger partial charge in [0.15, 0.2) is 0 Å². The molecular formula is C21H29N3O2S. The second kappa shape index (κ2) is 7.50. The maximum atomic E-state index is 12.6. The molecule has 6 heteroatoms. The van der Waals surface area contributed by atoms with Crippen molar-refractivity contribution in [3.63, 3.8) is 0 Å². The molecular weight excluding hydrogens is 358 g/mol. The number of anilines is 2. The minimum atomic E-state index is -3.62. The van der Waals surface area contributed by atoms with Gasteiger partial charge in [-0.05, 0) is 54.0 Å². The summed E-state index contributed by atoms with van der Waals surface area (Å²) in [5.74, 6) is 1.66. The highest BCUT2D eigenvalue weighted by molar-refractivity contribution is 7.92. The molecule has 0 unspecified atom stereocenters. The van der Waals surface area contributed by atoms with E-state index in [1.807, 2.05) is 18.2 Å². The Hall–Kier alpha value is -2.08. The molecule has 5 nitrogen and oxygen atoms in total. The highest BCUT2D eigenvalue weighted by Gasteiger charge is 2.19. The minimum Gasteiger partial charge on any atom is -0.357 e. The number of pyridine rings is 1. The van der Waals surface area contributed by atoms with Crippen molar-refractivity contribution in [3.05, 3.63) is 48.2 Å². The Labute approximate surface area is 162 Å². The molecule has 1 fully saturated rings. The van der Waals surface area contributed by atoms with Gasteiger partial charge in [-0.3, -0.25) is 4.72 Å². The van der Waals surface area contributed by atoms with E-state index in [9.17, 15) is 8.42 Å². The van der Waals surface area contributed by atoms with Gasteiger partial charge in [0.2, 0.25) is 0 Å². The molecule has 0 bridgehead atoms. The number of benzene rings is 1. The molecule has 27 heavy (non-hydrogen) atoms. The second-order valence-corrected chi connectivity index (χ2v) is 10.1. The standard InChI is InChI=1S/C21H29N3O2S/c1-16-11-13-24(14-12-16)20-10-7-18(15-22-20)23-27(25,26)19-8-5-17(6-9-19)21(2,3)4/h5-10,15-16,23H,11-14H2,1-4H3. The minimum absolute atomic E-state index is 0.0122. The number of hydrogen-bond donors (Lipinski definition) is 1. The van der Waals surface area contributed by atoms with E-state index in [1.165, 1.54) is 12.8 Å². The fourth-order valence-corrected chi connectivity index (χ4v) is 4.26. The lowest BCUT2D eigenvalue weighted by atomic mass is 9.87. The molecule has 2 heterocycles. The van der Waals surface area contributed by atoms with Crippen LogP contribution < -0.4 is 9.62 Å². The molecule has 146 valence electrons. The van der Waals surface area contributed by atoms with E-state index in [1.54, 1.807) is 24.4 Å². The smallest absolute Gasteiger partial charge is 0.261 e. The van der Waals surface area contributed by atoms with E-state index in [-0.39, 0.29) is 10.3 Å². The quantitative estimate of drug-likeness (QED) is 0.844. The molecule has 1 aliphatic rings. The first-order chi connectivity index (χ1) is 12.6. The van der Waals surface area contributed by atoms with E-state index >= 15 is 0 Å². The summed E-state index contributed by atoms with van der Waals surface area (Å²) in [6, 6.07) is 10.7. The van der Waals surface area contributed by atoms with Crippen molar-refractivity contribution in [2.24, 2.45) is 5.92 Å². The van der Waals surface area contributed by atoms with Crippen LogP contribution in [0.1, 0.15) is 46.1 Å². The number of hydrogen-bond acceptors (Lipinski definition) is 4. The number of rotatable bonds is 4. The fourth-order valence-electron chi connectivity index (χ4n) is 3.22. The predicted molar refractivity (Wildman–Crippen MR) is 111 cm³/mol. The highest BCUT2D eigenvalue weighted by Crippen LogP contribution is 2.25. The molecule has 0 radical (unpaired) electrons. The summed E-state index contributed by atoms with van der Waals surface area (Å²) in [6.45, 7) is 10.6. The average molecular weight is 388 g/mol. The van der Waals surface area contributed by atoms with Gasteiger partial charge in [-0.25, -0.2) is 13.4 Å². The molecule has 1 aromatic carbocycles. The lowest BCUT2D eigenvalue weighted by molar-refractivity contribution is 0.436. The molecule has 1 aromatic heterocycles. The van der Waals surface area contributed by atoms with Crippen molar-refractivity contribution < 1.29 is 8.42 Å². The Bertz CT molecular complexity index is 861. The van der Waals surface area contributed by atoms with Crippen LogP contribution in [0.5, 0.6) is 0 Å². The van der Waals surface area contributed by atoms with Crippen molar-refractivity contribution in [1.29, 1.82) is 0 Å². The number of sulfonamides is 1. The van der Waals surface area contributed by atoms with Gasteiger partial charge < -0.3 is 4.90 Å². The summed E-state index contributed by atoms with van der Waals surface area (Å²) >= 11 is 0. The van der Waals surface area contributed by atoms with Gasteiger partial charge in [0.05, 0.1) is 16.8 Å². The van der Waals surface area contributed by atoms with Gasteiger partial charge in [0.25, 0.3) is 10.0 Å². The van der Waals surface area contributed by atoms with Crippen LogP contribution in [0.25, 0.3) is 0 Å². The van der Waals surface area contributed by atoms with Crippen LogP contribution in [0.4, 0.5) is 11.5 Å². The van der Waals surface area contributed by atoms with Crippen LogP contribution >= 0.6 is 0 Å². The first-order valence-electron chi connectivity index (χ1n) is 9.49. The third-order valence-electron chi connectivity index (χ3n) is 5.14. The highest BCUT2D eigenvalue weighted by atomic mass is 32.2. The molecule has 1 N–H and O–H groups in total. The van der Waals surface area contributed by atoms with E-state index in [2.05, 4.69) is 42.3 Å². The first-order valence-corrected chi connectivity index (χ1v) is 11.0. The van der Waals surface area contributed by atoms with E-state index in [4.69, 9.17) is 0 Å². The number of aromatic nitrogens is 1. The predicted octanol–water partition coefficient (Wildman–Crippen LogP) is 4.42. The Morgan fingerprint density at radius 2 is 1.67 bits per heavy atom. The van der Waals surface area contributed by atoms with Crippen molar-refractivity contribution in [3.8, 4) is 0 Å². The van der Waals surface area contributed by atoms with Gasteiger partial charge in [0, 0.05) is 13.1 Å². The average Bonchev–Trinajstić information content (AvgIpc) is 2.62. The normalized spacial score (nSPS) is 16.4. The van der Waals surface area contributed by atoms with Crippen LogP contribution in [-0.4, -0.2) is 26.5 Å². The van der Waals surface area contributed by atoms with Crippen LogP contribution in [0.2, 0.25) is 0 Å². The molecule has 0 amide bonds. The summed E-state index contributed by atoms with van der Waals surface area (Å²) in [7, 11) is -3.62. The Kier molecular flexibility index (Phi) is 5.47. The molecule has 2 aromatic rings. The van der Waals surface area contributed by atoms with Crippen molar-refractivity contribution in [1.82, 2.24) is 4.98 Å². The van der Waals surface area contributed by atoms with Gasteiger partial charge in [-0.1, -0.05) is 39.8 Å². The van der Waals surface area contributed by atoms with Crippen LogP contribution in [0.15, 0.2) is 47.5 Å². The maximum Gasteiger partial charge on any atom is 0.261 e. The van der Waals surface area contributed by atoms with Crippen molar-refractivity contribution in [2.45, 2.75) is 50.8 Å². The van der Waals surface area contributed by atoms with E-state index in [0.717, 1.165) is 30.4 Å². The number of nitrogens with one attached hydrogen (secondary N) is 1. The third-order valence-corrected chi connectivity index (χ3v) is 6.54. The monoisotopic (exact) mass is 387 g/mol. The van der Waals surface area contributed by atoms with Gasteiger partial charge in [0.1, 0.15) is 5.82 Å². The molecule has 1 aliphatic heterocycles. The summed E-state index contributed by atoms with van der Waals surface area (Å²) < 4.78 is 27.9. The van der Waals surface area contributed by atoms with E-state index in [0.29, 0.717) is 5.69 Å². The Balaban J connectivity index is 1.70. The molecule has 0 spiro atoms. The van der Waals surface area contributed by atoms with Crippen LogP contribution in [0.3, 0.4) is 0 Å². The number of piperidine rings is 1. The van der Waals surface area contributed by atoms with Crippen LogP contribution in [0, 0.1) is 5.92 Å². The topological polar surface area (TPSA) is 62.3 Å². The molecule has 0 aliphatic carbocycles. The fraction of sp³-hybridized carbons (Fsp3) is 0.476. The lowest BCUT2D eigenvalue weighted by Gasteiger charge is -2.31. The summed E-state index contributed by atoms with van der Waals surface area (Å²) in [5.41, 5.74) is 1.56. The zero-order valence-electron chi connectivity index (χ0n) is 16.6. The third kappa shape index (κ3) is 4.80. The zero-order chi connectivity index (χ0) is 19.7. The van der Waals surface area contributed by atoms with Crippen molar-refractivity contribution in [2.75, 3.05) is 22.7 Å². The maximum absolute atomic E-state index is 12.6. The largest absolute Gasteiger partial charge is 0.357 e. The van der Waals surface area contributed by atoms with Crippen molar-refractivity contribution >= 4 is 21.5 Å². The molecule has 1 saturated heterocycles. The molecule has 0 atom stereocenters. The number of nitrogens with zero attached hydrogens (tertiary/aromatic N) is 2. The van der Waals surface area contributed by atoms with Crippen LogP contribution in [-0.2, 0) is 15.4 Å². The first kappa shape index (κ1) is 19.7. The van der Waals surface area contributed by atoms with Gasteiger partial charge >= 0.3 is 0 Å².